The molecule has 1 aromatic heterocycles. The second-order valence-corrected chi connectivity index (χ2v) is 7.75. The van der Waals surface area contributed by atoms with Gasteiger partial charge in [0.1, 0.15) is 5.82 Å². The number of urea groups is 1. The molecular formula is C15H19FN4O5S. The van der Waals surface area contributed by atoms with E-state index in [9.17, 15) is 17.6 Å². The second kappa shape index (κ2) is 7.79. The second-order valence-electron chi connectivity index (χ2n) is 6.03. The molecule has 142 valence electrons. The Kier molecular flexibility index (Phi) is 5.93. The number of nitrogens with zero attached hydrogens (tertiary/aromatic N) is 2. The van der Waals surface area contributed by atoms with Crippen molar-refractivity contribution < 1.29 is 26.9 Å². The number of hydrogen-bond donors (Lipinski definition) is 2. The third kappa shape index (κ3) is 5.77. The van der Waals surface area contributed by atoms with E-state index in [1.54, 1.807) is 13.8 Å². The highest BCUT2D eigenvalue weighted by Crippen LogP contribution is 2.17. The van der Waals surface area contributed by atoms with Crippen LogP contribution in [0.5, 0.6) is 0 Å². The van der Waals surface area contributed by atoms with E-state index in [4.69, 9.17) is 9.26 Å². The summed E-state index contributed by atoms with van der Waals surface area (Å²) < 4.78 is 48.6. The van der Waals surface area contributed by atoms with Gasteiger partial charge in [-0.3, -0.25) is 0 Å². The number of methoxy groups -OCH3 is 1. The maximum absolute atomic E-state index is 12.9. The zero-order valence-corrected chi connectivity index (χ0v) is 15.3. The number of amides is 2. The third-order valence-electron chi connectivity index (χ3n) is 3.30. The summed E-state index contributed by atoms with van der Waals surface area (Å²) in [5.41, 5.74) is -0.428. The van der Waals surface area contributed by atoms with Gasteiger partial charge in [0.05, 0.1) is 17.9 Å². The largest absolute Gasteiger partial charge is 0.378 e. The van der Waals surface area contributed by atoms with E-state index in [1.807, 2.05) is 4.72 Å². The van der Waals surface area contributed by atoms with Gasteiger partial charge in [-0.05, 0) is 38.1 Å². The average molecular weight is 386 g/mol. The first kappa shape index (κ1) is 19.8. The van der Waals surface area contributed by atoms with E-state index in [0.29, 0.717) is 5.56 Å². The third-order valence-corrected chi connectivity index (χ3v) is 4.88. The van der Waals surface area contributed by atoms with Gasteiger partial charge in [-0.1, -0.05) is 5.16 Å². The van der Waals surface area contributed by atoms with Crippen molar-refractivity contribution in [2.24, 2.45) is 0 Å². The van der Waals surface area contributed by atoms with Gasteiger partial charge >= 0.3 is 6.03 Å². The first-order valence-electron chi connectivity index (χ1n) is 7.52. The summed E-state index contributed by atoms with van der Waals surface area (Å²) in [5, 5.41) is 5.98. The average Bonchev–Trinajstić information content (AvgIpc) is 3.01. The number of halogens is 1. The summed E-state index contributed by atoms with van der Waals surface area (Å²) in [6, 6.07) is 4.51. The van der Waals surface area contributed by atoms with Gasteiger partial charge in [-0.25, -0.2) is 22.3 Å². The fraction of sp³-hybridized carbons (Fsp3) is 0.400. The van der Waals surface area contributed by atoms with Crippen molar-refractivity contribution in [1.82, 2.24) is 20.2 Å². The molecule has 2 amide bonds. The number of benzene rings is 1. The maximum Gasteiger partial charge on any atom is 0.328 e. The number of carbonyl (C=O) groups excluding carboxylic acids is 1. The molecule has 0 saturated heterocycles. The summed E-state index contributed by atoms with van der Waals surface area (Å²) in [4.78, 5) is 15.8. The van der Waals surface area contributed by atoms with Crippen LogP contribution in [-0.2, 0) is 21.3 Å². The Bertz CT molecular complexity index is 864. The fourth-order valence-electron chi connectivity index (χ4n) is 1.92. The van der Waals surface area contributed by atoms with Crippen molar-refractivity contribution in [1.29, 1.82) is 0 Å². The van der Waals surface area contributed by atoms with Crippen LogP contribution < -0.4 is 10.0 Å². The molecule has 1 aromatic carbocycles. The van der Waals surface area contributed by atoms with Crippen LogP contribution in [0.4, 0.5) is 9.18 Å². The SMILES string of the molecule is COC(C)(C)CS(=O)(=O)NC(=O)NCc1noc(-c2ccc(F)cc2)n1. The zero-order valence-electron chi connectivity index (χ0n) is 14.4. The Morgan fingerprint density at radius 1 is 1.31 bits per heavy atom. The molecule has 0 aliphatic rings. The lowest BCUT2D eigenvalue weighted by Crippen LogP contribution is -2.45. The minimum Gasteiger partial charge on any atom is -0.378 e. The van der Waals surface area contributed by atoms with Crippen LogP contribution in [0.3, 0.4) is 0 Å². The predicted octanol–water partition coefficient (Wildman–Crippen LogP) is 1.43. The molecule has 26 heavy (non-hydrogen) atoms. The van der Waals surface area contributed by atoms with E-state index < -0.39 is 27.5 Å². The van der Waals surface area contributed by atoms with Crippen molar-refractivity contribution >= 4 is 16.1 Å². The molecule has 0 spiro atoms. The highest BCUT2D eigenvalue weighted by molar-refractivity contribution is 7.90. The molecule has 0 unspecified atom stereocenters. The van der Waals surface area contributed by atoms with E-state index >= 15 is 0 Å². The molecular weight excluding hydrogens is 367 g/mol. The maximum atomic E-state index is 12.9. The van der Waals surface area contributed by atoms with Gasteiger partial charge in [-0.15, -0.1) is 0 Å². The lowest BCUT2D eigenvalue weighted by Gasteiger charge is -2.22. The molecule has 9 nitrogen and oxygen atoms in total. The monoisotopic (exact) mass is 386 g/mol. The van der Waals surface area contributed by atoms with E-state index in [2.05, 4.69) is 15.5 Å². The van der Waals surface area contributed by atoms with Crippen LogP contribution >= 0.6 is 0 Å². The molecule has 0 fully saturated rings. The normalized spacial score (nSPS) is 12.0. The summed E-state index contributed by atoms with van der Waals surface area (Å²) in [6.45, 7) is 3.01. The van der Waals surface area contributed by atoms with Crippen LogP contribution in [0.15, 0.2) is 28.8 Å². The van der Waals surface area contributed by atoms with Crippen molar-refractivity contribution in [2.75, 3.05) is 12.9 Å². The van der Waals surface area contributed by atoms with Crippen molar-refractivity contribution in [3.63, 3.8) is 0 Å². The number of sulfonamides is 1. The zero-order chi connectivity index (χ0) is 19.4. The number of carbonyl (C=O) groups is 1. The van der Waals surface area contributed by atoms with Crippen LogP contribution in [0.2, 0.25) is 0 Å². The fourth-order valence-corrected chi connectivity index (χ4v) is 3.38. The predicted molar refractivity (Wildman–Crippen MR) is 89.9 cm³/mol. The van der Waals surface area contributed by atoms with E-state index in [-0.39, 0.29) is 24.0 Å². The first-order valence-corrected chi connectivity index (χ1v) is 9.17. The van der Waals surface area contributed by atoms with Crippen LogP contribution in [-0.4, -0.2) is 43.1 Å². The standard InChI is InChI=1S/C15H19FN4O5S/c1-15(2,24-3)9-26(22,23)20-14(21)17-8-12-18-13(25-19-12)10-4-6-11(16)7-5-10/h4-7H,8-9H2,1-3H3,(H2,17,20,21). The Morgan fingerprint density at radius 2 is 1.96 bits per heavy atom. The highest BCUT2D eigenvalue weighted by Gasteiger charge is 2.27. The number of ether oxygens (including phenoxy) is 1. The summed E-state index contributed by atoms with van der Waals surface area (Å²) >= 11 is 0. The topological polar surface area (TPSA) is 123 Å². The van der Waals surface area contributed by atoms with Crippen molar-refractivity contribution in [3.8, 4) is 11.5 Å². The van der Waals surface area contributed by atoms with Crippen molar-refractivity contribution in [3.05, 3.63) is 35.9 Å². The Hall–Kier alpha value is -2.53. The smallest absolute Gasteiger partial charge is 0.328 e. The summed E-state index contributed by atoms with van der Waals surface area (Å²) in [7, 11) is -2.50. The minimum atomic E-state index is -3.88. The molecule has 0 saturated carbocycles. The molecule has 2 aromatic rings. The lowest BCUT2D eigenvalue weighted by molar-refractivity contribution is 0.0424. The molecule has 0 aliphatic carbocycles. The van der Waals surface area contributed by atoms with Crippen LogP contribution in [0.1, 0.15) is 19.7 Å². The van der Waals surface area contributed by atoms with Gasteiger partial charge in [-0.2, -0.15) is 4.98 Å². The van der Waals surface area contributed by atoms with Crippen molar-refractivity contribution in [2.45, 2.75) is 26.0 Å². The van der Waals surface area contributed by atoms with Crippen LogP contribution in [0.25, 0.3) is 11.5 Å². The molecule has 2 rings (SSSR count). The minimum absolute atomic E-state index is 0.133. The first-order chi connectivity index (χ1) is 12.1. The van der Waals surface area contributed by atoms with Gasteiger partial charge in [0, 0.05) is 12.7 Å². The molecule has 0 atom stereocenters. The van der Waals surface area contributed by atoms with Gasteiger partial charge in [0.2, 0.25) is 10.0 Å². The van der Waals surface area contributed by atoms with Gasteiger partial charge in [0.15, 0.2) is 5.82 Å². The molecule has 0 radical (unpaired) electrons. The lowest BCUT2D eigenvalue weighted by atomic mass is 10.2. The quantitative estimate of drug-likeness (QED) is 0.738. The Labute approximate surface area is 150 Å². The molecule has 0 bridgehead atoms. The Morgan fingerprint density at radius 3 is 2.58 bits per heavy atom. The molecule has 11 heteroatoms. The number of hydrogen-bond acceptors (Lipinski definition) is 7. The van der Waals surface area contributed by atoms with Crippen LogP contribution in [0, 0.1) is 5.82 Å². The Balaban J connectivity index is 1.91. The van der Waals surface area contributed by atoms with E-state index in [1.165, 1.54) is 31.4 Å². The molecule has 1 heterocycles. The van der Waals surface area contributed by atoms with Gasteiger partial charge in [0.25, 0.3) is 5.89 Å². The van der Waals surface area contributed by atoms with Gasteiger partial charge < -0.3 is 14.6 Å². The molecule has 2 N–H and O–H groups in total. The number of rotatable bonds is 7. The molecule has 0 aliphatic heterocycles. The highest BCUT2D eigenvalue weighted by atomic mass is 32.2. The summed E-state index contributed by atoms with van der Waals surface area (Å²) in [5.74, 6) is -0.503. The number of aromatic nitrogens is 2. The number of nitrogens with one attached hydrogen (secondary N) is 2. The summed E-state index contributed by atoms with van der Waals surface area (Å²) in [6.07, 6.45) is 0. The van der Waals surface area contributed by atoms with E-state index in [0.717, 1.165) is 0 Å².